The molecule has 0 bridgehead atoms. The van der Waals surface area contributed by atoms with Gasteiger partial charge in [-0.25, -0.2) is 0 Å². The number of ether oxygens (including phenoxy) is 2. The molecule has 6 heteroatoms. The van der Waals surface area contributed by atoms with Gasteiger partial charge in [-0.3, -0.25) is 4.79 Å². The molecule has 1 N–H and O–H groups in total. The van der Waals surface area contributed by atoms with Gasteiger partial charge in [-0.2, -0.15) is 0 Å². The van der Waals surface area contributed by atoms with Gasteiger partial charge in [-0.05, 0) is 55.4 Å². The van der Waals surface area contributed by atoms with Crippen molar-refractivity contribution in [3.8, 4) is 22.5 Å². The van der Waals surface area contributed by atoms with Gasteiger partial charge in [0.05, 0.1) is 24.3 Å². The van der Waals surface area contributed by atoms with E-state index in [0.717, 1.165) is 52.8 Å². The van der Waals surface area contributed by atoms with Gasteiger partial charge in [-0.15, -0.1) is 0 Å². The molecule has 5 rings (SSSR count). The van der Waals surface area contributed by atoms with Crippen LogP contribution >= 0.6 is 0 Å². The van der Waals surface area contributed by atoms with Crippen molar-refractivity contribution in [2.24, 2.45) is 0 Å². The van der Waals surface area contributed by atoms with E-state index >= 15 is 0 Å². The molecular formula is C32H33NO5. The second-order valence-corrected chi connectivity index (χ2v) is 9.80. The lowest BCUT2D eigenvalue weighted by Gasteiger charge is -2.15. The van der Waals surface area contributed by atoms with Crippen LogP contribution in [0.3, 0.4) is 0 Å². The Morgan fingerprint density at radius 1 is 0.974 bits per heavy atom. The van der Waals surface area contributed by atoms with Crippen LogP contribution in [0.2, 0.25) is 0 Å². The van der Waals surface area contributed by atoms with Crippen LogP contribution in [-0.4, -0.2) is 35.7 Å². The van der Waals surface area contributed by atoms with Gasteiger partial charge in [0.25, 0.3) is 0 Å². The molecule has 1 fully saturated rings. The lowest BCUT2D eigenvalue weighted by atomic mass is 9.93. The zero-order valence-corrected chi connectivity index (χ0v) is 21.9. The van der Waals surface area contributed by atoms with Gasteiger partial charge in [0.2, 0.25) is 0 Å². The summed E-state index contributed by atoms with van der Waals surface area (Å²) in [5.41, 5.74) is 6.31. The Morgan fingerprint density at radius 2 is 1.61 bits per heavy atom. The summed E-state index contributed by atoms with van der Waals surface area (Å²) in [5.74, 6) is 0.516. The first kappa shape index (κ1) is 25.9. The number of rotatable bonds is 11. The van der Waals surface area contributed by atoms with Gasteiger partial charge in [0.15, 0.2) is 12.1 Å². The van der Waals surface area contributed by atoms with Crippen molar-refractivity contribution < 1.29 is 23.9 Å². The van der Waals surface area contributed by atoms with Gasteiger partial charge in [-0.1, -0.05) is 84.0 Å². The smallest absolute Gasteiger partial charge is 0.316 e. The number of carbonyl (C=O) groups is 1. The van der Waals surface area contributed by atoms with E-state index in [4.69, 9.17) is 14.0 Å². The Kier molecular flexibility index (Phi) is 7.72. The maximum Gasteiger partial charge on any atom is 0.316 e. The first-order valence-corrected chi connectivity index (χ1v) is 13.2. The summed E-state index contributed by atoms with van der Waals surface area (Å²) in [6.07, 6.45) is 1.76. The Hall–Kier alpha value is -3.74. The van der Waals surface area contributed by atoms with Crippen LogP contribution in [0.1, 0.15) is 42.1 Å². The zero-order valence-electron chi connectivity index (χ0n) is 21.9. The van der Waals surface area contributed by atoms with Crippen molar-refractivity contribution in [1.29, 1.82) is 0 Å². The normalized spacial score (nSPS) is 14.7. The van der Waals surface area contributed by atoms with Crippen molar-refractivity contribution in [3.05, 3.63) is 101 Å². The fourth-order valence-electron chi connectivity index (χ4n) is 4.85. The molecule has 0 unspecified atom stereocenters. The number of aromatic nitrogens is 1. The first-order valence-electron chi connectivity index (χ1n) is 13.2. The molecule has 1 heterocycles. The summed E-state index contributed by atoms with van der Waals surface area (Å²) >= 11 is 0. The molecule has 1 atom stereocenters. The summed E-state index contributed by atoms with van der Waals surface area (Å²) in [7, 11) is 0. The molecule has 1 saturated carbocycles. The second-order valence-electron chi connectivity index (χ2n) is 9.80. The van der Waals surface area contributed by atoms with Crippen molar-refractivity contribution in [3.63, 3.8) is 0 Å². The minimum atomic E-state index is -0.947. The van der Waals surface area contributed by atoms with Crippen LogP contribution in [0.5, 0.6) is 0 Å². The summed E-state index contributed by atoms with van der Waals surface area (Å²) in [4.78, 5) is 12.4. The molecule has 196 valence electrons. The number of esters is 1. The summed E-state index contributed by atoms with van der Waals surface area (Å²) in [5, 5.41) is 14.7. The van der Waals surface area contributed by atoms with Crippen LogP contribution in [0.15, 0.2) is 83.4 Å². The molecule has 1 aliphatic carbocycles. The highest BCUT2D eigenvalue weighted by molar-refractivity contribution is 5.87. The van der Waals surface area contributed by atoms with Crippen molar-refractivity contribution in [2.45, 2.75) is 51.2 Å². The van der Waals surface area contributed by atoms with E-state index in [1.165, 1.54) is 5.56 Å². The van der Waals surface area contributed by atoms with Gasteiger partial charge in [0, 0.05) is 17.5 Å². The monoisotopic (exact) mass is 511 g/mol. The molecule has 0 spiro atoms. The maximum atomic E-state index is 12.4. The molecule has 0 amide bonds. The molecule has 1 aliphatic rings. The third-order valence-electron chi connectivity index (χ3n) is 7.24. The van der Waals surface area contributed by atoms with Crippen LogP contribution in [0.4, 0.5) is 0 Å². The van der Waals surface area contributed by atoms with E-state index in [0.29, 0.717) is 25.4 Å². The number of aliphatic hydroxyl groups is 1. The maximum absolute atomic E-state index is 12.4. The summed E-state index contributed by atoms with van der Waals surface area (Å²) < 4.78 is 16.6. The zero-order chi connectivity index (χ0) is 26.5. The lowest BCUT2D eigenvalue weighted by Crippen LogP contribution is -2.23. The third-order valence-corrected chi connectivity index (χ3v) is 7.24. The predicted octanol–water partition coefficient (Wildman–Crippen LogP) is 6.03. The quantitative estimate of drug-likeness (QED) is 0.196. The number of benzene rings is 3. The van der Waals surface area contributed by atoms with Crippen LogP contribution in [0.25, 0.3) is 22.5 Å². The van der Waals surface area contributed by atoms with E-state index in [1.54, 1.807) is 0 Å². The number of nitrogens with zero attached hydrogens (tertiary/aromatic N) is 1. The molecule has 38 heavy (non-hydrogen) atoms. The summed E-state index contributed by atoms with van der Waals surface area (Å²) in [6, 6.07) is 26.3. The Bertz CT molecular complexity index is 1360. The second kappa shape index (κ2) is 11.3. The topological polar surface area (TPSA) is 81.8 Å². The van der Waals surface area contributed by atoms with E-state index in [-0.39, 0.29) is 5.97 Å². The summed E-state index contributed by atoms with van der Waals surface area (Å²) in [6.45, 7) is 4.54. The molecular weight excluding hydrogens is 478 g/mol. The predicted molar refractivity (Wildman–Crippen MR) is 145 cm³/mol. The number of aliphatic hydroxyl groups excluding tert-OH is 1. The standard InChI is InChI=1S/C32H33NO5/c1-3-36-31(35)32(18-19-32)27-15-13-25(14-16-27)24-9-11-26(12-10-24)30-28(22(2)33-38-30)21-29(34)37-20-17-23-7-5-4-6-8-23/h4-16,29,34H,3,17-21H2,1-2H3/t29-/m0/s1. The minimum Gasteiger partial charge on any atom is -0.465 e. The van der Waals surface area contributed by atoms with Gasteiger partial charge in [0.1, 0.15) is 0 Å². The molecule has 1 aromatic heterocycles. The largest absolute Gasteiger partial charge is 0.465 e. The third kappa shape index (κ3) is 5.57. The van der Waals surface area contributed by atoms with Crippen molar-refractivity contribution in [2.75, 3.05) is 13.2 Å². The SMILES string of the molecule is CCOC(=O)C1(c2ccc(-c3ccc(-c4onc(C)c4C[C@@H](O)OCCc4ccccc4)cc3)cc2)CC1. The highest BCUT2D eigenvalue weighted by atomic mass is 16.6. The van der Waals surface area contributed by atoms with E-state index in [1.807, 2.05) is 80.6 Å². The molecule has 0 radical (unpaired) electrons. The Balaban J connectivity index is 1.24. The lowest BCUT2D eigenvalue weighted by molar-refractivity contribution is -0.146. The van der Waals surface area contributed by atoms with E-state index < -0.39 is 11.7 Å². The molecule has 3 aromatic carbocycles. The molecule has 0 saturated heterocycles. The van der Waals surface area contributed by atoms with E-state index in [2.05, 4.69) is 17.3 Å². The number of aryl methyl sites for hydroxylation is 1. The minimum absolute atomic E-state index is 0.123. The number of hydrogen-bond acceptors (Lipinski definition) is 6. The van der Waals surface area contributed by atoms with Crippen molar-refractivity contribution >= 4 is 5.97 Å². The van der Waals surface area contributed by atoms with Gasteiger partial charge >= 0.3 is 5.97 Å². The Labute approximate surface area is 223 Å². The van der Waals surface area contributed by atoms with Crippen molar-refractivity contribution in [1.82, 2.24) is 5.16 Å². The molecule has 4 aromatic rings. The highest BCUT2D eigenvalue weighted by Gasteiger charge is 2.52. The molecule has 6 nitrogen and oxygen atoms in total. The highest BCUT2D eigenvalue weighted by Crippen LogP contribution is 2.49. The average Bonchev–Trinajstić information content (AvgIpc) is 3.69. The average molecular weight is 512 g/mol. The van der Waals surface area contributed by atoms with Crippen LogP contribution in [0, 0.1) is 6.92 Å². The number of hydrogen-bond donors (Lipinski definition) is 1. The number of carbonyl (C=O) groups excluding carboxylic acids is 1. The van der Waals surface area contributed by atoms with Gasteiger partial charge < -0.3 is 19.1 Å². The fourth-order valence-corrected chi connectivity index (χ4v) is 4.85. The fraction of sp³-hybridized carbons (Fsp3) is 0.312. The van der Waals surface area contributed by atoms with E-state index in [9.17, 15) is 9.90 Å². The first-order chi connectivity index (χ1) is 18.5. The van der Waals surface area contributed by atoms with Crippen LogP contribution < -0.4 is 0 Å². The molecule has 0 aliphatic heterocycles. The van der Waals surface area contributed by atoms with Crippen LogP contribution in [-0.2, 0) is 32.5 Å². The Morgan fingerprint density at radius 3 is 2.24 bits per heavy atom.